The van der Waals surface area contributed by atoms with E-state index in [1.54, 1.807) is 13.3 Å². The summed E-state index contributed by atoms with van der Waals surface area (Å²) in [5.74, 6) is 1.67. The van der Waals surface area contributed by atoms with Crippen LogP contribution in [0, 0.1) is 0 Å². The van der Waals surface area contributed by atoms with E-state index >= 15 is 0 Å². The van der Waals surface area contributed by atoms with Crippen LogP contribution in [0.5, 0.6) is 5.75 Å². The average molecular weight is 428 g/mol. The maximum absolute atomic E-state index is 12.9. The van der Waals surface area contributed by atoms with Crippen LogP contribution in [0.4, 0.5) is 5.82 Å². The number of benzene rings is 2. The molecule has 1 saturated heterocycles. The van der Waals surface area contributed by atoms with Crippen molar-refractivity contribution in [2.45, 2.75) is 18.9 Å². The predicted octanol–water partition coefficient (Wildman–Crippen LogP) is 4.03. The third-order valence-electron chi connectivity index (χ3n) is 5.91. The van der Waals surface area contributed by atoms with Crippen molar-refractivity contribution in [3.05, 3.63) is 72.4 Å². The monoisotopic (exact) mass is 427 g/mol. The summed E-state index contributed by atoms with van der Waals surface area (Å²) in [5.41, 5.74) is 3.55. The summed E-state index contributed by atoms with van der Waals surface area (Å²) in [6, 6.07) is 19.5. The van der Waals surface area contributed by atoms with Crippen LogP contribution in [0.15, 0.2) is 66.9 Å². The topological polar surface area (TPSA) is 83.1 Å². The number of pyridine rings is 1. The van der Waals surface area contributed by atoms with Gasteiger partial charge in [0, 0.05) is 42.3 Å². The highest BCUT2D eigenvalue weighted by Crippen LogP contribution is 2.26. The van der Waals surface area contributed by atoms with E-state index in [2.05, 4.69) is 31.5 Å². The maximum atomic E-state index is 12.9. The number of fused-ring (bicyclic) bond motifs is 1. The zero-order valence-corrected chi connectivity index (χ0v) is 17.9. The van der Waals surface area contributed by atoms with Gasteiger partial charge in [-0.2, -0.15) is 5.10 Å². The van der Waals surface area contributed by atoms with Crippen LogP contribution >= 0.6 is 0 Å². The maximum Gasteiger partial charge on any atom is 0.251 e. The summed E-state index contributed by atoms with van der Waals surface area (Å²) in [4.78, 5) is 19.4. The molecule has 0 unspecified atom stereocenters. The molecule has 3 heterocycles. The first-order chi connectivity index (χ1) is 15.7. The minimum atomic E-state index is -0.0523. The lowest BCUT2D eigenvalue weighted by molar-refractivity contribution is 0.0933. The second-order valence-corrected chi connectivity index (χ2v) is 8.04. The van der Waals surface area contributed by atoms with E-state index in [1.807, 2.05) is 54.6 Å². The molecule has 1 aliphatic rings. The van der Waals surface area contributed by atoms with E-state index in [-0.39, 0.29) is 11.9 Å². The third-order valence-corrected chi connectivity index (χ3v) is 5.91. The van der Waals surface area contributed by atoms with Gasteiger partial charge in [-0.3, -0.25) is 14.9 Å². The lowest BCUT2D eigenvalue weighted by atomic mass is 10.0. The number of carbonyl (C=O) groups is 1. The van der Waals surface area contributed by atoms with Crippen LogP contribution in [-0.2, 0) is 0 Å². The second kappa shape index (κ2) is 8.70. The highest BCUT2D eigenvalue weighted by molar-refractivity contribution is 5.98. The number of aromatic nitrogens is 3. The summed E-state index contributed by atoms with van der Waals surface area (Å²) in [6.07, 6.45) is 3.71. The van der Waals surface area contributed by atoms with Gasteiger partial charge < -0.3 is 15.0 Å². The van der Waals surface area contributed by atoms with Crippen LogP contribution in [0.2, 0.25) is 0 Å². The molecule has 32 heavy (non-hydrogen) atoms. The van der Waals surface area contributed by atoms with Crippen LogP contribution in [0.25, 0.3) is 22.2 Å². The van der Waals surface area contributed by atoms with Gasteiger partial charge in [0.25, 0.3) is 5.91 Å². The van der Waals surface area contributed by atoms with E-state index in [9.17, 15) is 4.79 Å². The van der Waals surface area contributed by atoms with Crippen molar-refractivity contribution in [1.29, 1.82) is 0 Å². The van der Waals surface area contributed by atoms with Crippen molar-refractivity contribution in [2.24, 2.45) is 0 Å². The normalized spacial score (nSPS) is 16.2. The van der Waals surface area contributed by atoms with Gasteiger partial charge >= 0.3 is 0 Å². The SMILES string of the molecule is COc1ccc(-c2cc(N3CCC[C@H](NC(=O)c4ccc5ncccc5c4)C3)n[nH]2)cc1. The Labute approximate surface area is 186 Å². The average Bonchev–Trinajstić information content (AvgIpc) is 3.34. The molecule has 1 aliphatic heterocycles. The number of hydrogen-bond acceptors (Lipinski definition) is 5. The van der Waals surface area contributed by atoms with E-state index in [1.165, 1.54) is 0 Å². The molecular weight excluding hydrogens is 402 g/mol. The van der Waals surface area contributed by atoms with Gasteiger partial charge in [0.1, 0.15) is 5.75 Å². The number of nitrogens with one attached hydrogen (secondary N) is 2. The molecule has 5 rings (SSSR count). The number of hydrogen-bond donors (Lipinski definition) is 2. The minimum Gasteiger partial charge on any atom is -0.497 e. The van der Waals surface area contributed by atoms with Crippen LogP contribution in [-0.4, -0.2) is 47.3 Å². The van der Waals surface area contributed by atoms with Crippen LogP contribution in [0.3, 0.4) is 0 Å². The Bertz CT molecular complexity index is 1230. The molecule has 0 aliphatic carbocycles. The Hall–Kier alpha value is -3.87. The molecule has 2 aromatic heterocycles. The number of ether oxygens (including phenoxy) is 1. The highest BCUT2D eigenvalue weighted by atomic mass is 16.5. The standard InChI is InChI=1S/C25H25N5O2/c1-32-21-9-6-17(7-10-21)23-15-24(29-28-23)30-13-3-5-20(16-30)27-25(31)19-8-11-22-18(14-19)4-2-12-26-22/h2,4,6-12,14-15,20H,3,5,13,16H2,1H3,(H,27,31)(H,28,29)/t20-/m0/s1. The molecule has 2 N–H and O–H groups in total. The molecule has 0 bridgehead atoms. The zero-order valence-electron chi connectivity index (χ0n) is 17.9. The molecule has 0 saturated carbocycles. The number of anilines is 1. The highest BCUT2D eigenvalue weighted by Gasteiger charge is 2.24. The molecule has 0 spiro atoms. The summed E-state index contributed by atoms with van der Waals surface area (Å²) in [6.45, 7) is 1.65. The van der Waals surface area contributed by atoms with Crippen molar-refractivity contribution in [3.8, 4) is 17.0 Å². The van der Waals surface area contributed by atoms with E-state index < -0.39 is 0 Å². The molecule has 2 aromatic carbocycles. The van der Waals surface area contributed by atoms with E-state index in [0.29, 0.717) is 5.56 Å². The zero-order chi connectivity index (χ0) is 21.9. The number of aromatic amines is 1. The number of methoxy groups -OCH3 is 1. The fourth-order valence-corrected chi connectivity index (χ4v) is 4.18. The largest absolute Gasteiger partial charge is 0.497 e. The fraction of sp³-hybridized carbons (Fsp3) is 0.240. The first kappa shape index (κ1) is 20.1. The van der Waals surface area contributed by atoms with Gasteiger partial charge in [-0.25, -0.2) is 0 Å². The van der Waals surface area contributed by atoms with Crippen LogP contribution in [0.1, 0.15) is 23.2 Å². The van der Waals surface area contributed by atoms with Gasteiger partial charge in [0.05, 0.1) is 18.3 Å². The van der Waals surface area contributed by atoms with Crippen molar-refractivity contribution in [1.82, 2.24) is 20.5 Å². The molecule has 7 heteroatoms. The Morgan fingerprint density at radius 3 is 2.88 bits per heavy atom. The van der Waals surface area contributed by atoms with Gasteiger partial charge in [0.2, 0.25) is 0 Å². The first-order valence-corrected chi connectivity index (χ1v) is 10.8. The smallest absolute Gasteiger partial charge is 0.251 e. The Kier molecular flexibility index (Phi) is 5.46. The second-order valence-electron chi connectivity index (χ2n) is 8.04. The summed E-state index contributed by atoms with van der Waals surface area (Å²) >= 11 is 0. The molecule has 1 atom stereocenters. The number of amides is 1. The first-order valence-electron chi connectivity index (χ1n) is 10.8. The summed E-state index contributed by atoms with van der Waals surface area (Å²) in [7, 11) is 1.66. The predicted molar refractivity (Wildman–Crippen MR) is 125 cm³/mol. The van der Waals surface area contributed by atoms with Crippen molar-refractivity contribution in [3.63, 3.8) is 0 Å². The third kappa shape index (κ3) is 4.14. The van der Waals surface area contributed by atoms with Crippen molar-refractivity contribution >= 4 is 22.6 Å². The number of piperidine rings is 1. The quantitative estimate of drug-likeness (QED) is 0.502. The Morgan fingerprint density at radius 1 is 1.16 bits per heavy atom. The van der Waals surface area contributed by atoms with Crippen molar-refractivity contribution < 1.29 is 9.53 Å². The lowest BCUT2D eigenvalue weighted by Crippen LogP contribution is -2.48. The molecule has 1 amide bonds. The van der Waals surface area contributed by atoms with E-state index in [4.69, 9.17) is 4.74 Å². The summed E-state index contributed by atoms with van der Waals surface area (Å²) < 4.78 is 5.23. The molecular formula is C25H25N5O2. The Morgan fingerprint density at radius 2 is 2.03 bits per heavy atom. The van der Waals surface area contributed by atoms with Gasteiger partial charge in [0.15, 0.2) is 5.82 Å². The number of nitrogens with zero attached hydrogens (tertiary/aromatic N) is 3. The number of H-pyrrole nitrogens is 1. The van der Waals surface area contributed by atoms with Crippen LogP contribution < -0.4 is 15.0 Å². The van der Waals surface area contributed by atoms with E-state index in [0.717, 1.165) is 59.7 Å². The van der Waals surface area contributed by atoms with Gasteiger partial charge in [-0.1, -0.05) is 6.07 Å². The minimum absolute atomic E-state index is 0.0523. The summed E-state index contributed by atoms with van der Waals surface area (Å²) in [5, 5.41) is 11.8. The Balaban J connectivity index is 1.26. The molecule has 0 radical (unpaired) electrons. The molecule has 1 fully saturated rings. The van der Waals surface area contributed by atoms with Crippen molar-refractivity contribution in [2.75, 3.05) is 25.1 Å². The molecule has 4 aromatic rings. The molecule has 7 nitrogen and oxygen atoms in total. The lowest BCUT2D eigenvalue weighted by Gasteiger charge is -2.33. The van der Waals surface area contributed by atoms with Gasteiger partial charge in [-0.05, 0) is 66.9 Å². The fourth-order valence-electron chi connectivity index (χ4n) is 4.18. The number of carbonyl (C=O) groups excluding carboxylic acids is 1. The number of rotatable bonds is 5. The van der Waals surface area contributed by atoms with Gasteiger partial charge in [-0.15, -0.1) is 0 Å². The molecule has 162 valence electrons.